The van der Waals surface area contributed by atoms with E-state index in [0.29, 0.717) is 5.56 Å². The summed E-state index contributed by atoms with van der Waals surface area (Å²) in [6, 6.07) is 16.5. The van der Waals surface area contributed by atoms with Crippen molar-refractivity contribution >= 4 is 11.8 Å². The Labute approximate surface area is 136 Å². The van der Waals surface area contributed by atoms with Gasteiger partial charge in [-0.15, -0.1) is 0 Å². The average molecular weight is 310 g/mol. The van der Waals surface area contributed by atoms with Gasteiger partial charge in [-0.2, -0.15) is 0 Å². The Morgan fingerprint density at radius 1 is 0.957 bits per heavy atom. The number of hydrogen-bond donors (Lipinski definition) is 1. The maximum absolute atomic E-state index is 12.9. The molecule has 4 heteroatoms. The zero-order chi connectivity index (χ0) is 17.0. The molecule has 0 bridgehead atoms. The number of amides is 2. The molecule has 0 aromatic heterocycles. The lowest BCUT2D eigenvalue weighted by Crippen LogP contribution is -2.48. The first-order chi connectivity index (χ1) is 10.9. The molecule has 2 amide bonds. The largest absolute Gasteiger partial charge is 0.368 e. The zero-order valence-corrected chi connectivity index (χ0v) is 13.7. The molecular formula is C19H22N2O2. The SMILES string of the molecule is CC(C)[C@H](C(N)=O)N(C)C(=O)c1ccccc1-c1ccccc1. The predicted molar refractivity (Wildman–Crippen MR) is 91.8 cm³/mol. The topological polar surface area (TPSA) is 63.4 Å². The highest BCUT2D eigenvalue weighted by Crippen LogP contribution is 2.25. The fraction of sp³-hybridized carbons (Fsp3) is 0.263. The second-order valence-corrected chi connectivity index (χ2v) is 5.92. The lowest BCUT2D eigenvalue weighted by Gasteiger charge is -2.29. The van der Waals surface area contributed by atoms with Gasteiger partial charge in [0, 0.05) is 12.6 Å². The molecule has 1 atom stereocenters. The van der Waals surface area contributed by atoms with Crippen molar-refractivity contribution < 1.29 is 9.59 Å². The van der Waals surface area contributed by atoms with Crippen LogP contribution in [0.2, 0.25) is 0 Å². The van der Waals surface area contributed by atoms with Crippen molar-refractivity contribution in [1.29, 1.82) is 0 Å². The minimum absolute atomic E-state index is 0.0506. The summed E-state index contributed by atoms with van der Waals surface area (Å²) < 4.78 is 0. The third-order valence-electron chi connectivity index (χ3n) is 3.90. The third-order valence-corrected chi connectivity index (χ3v) is 3.90. The predicted octanol–water partition coefficient (Wildman–Crippen LogP) is 2.94. The number of carbonyl (C=O) groups excluding carboxylic acids is 2. The molecular weight excluding hydrogens is 288 g/mol. The number of carbonyl (C=O) groups is 2. The van der Waals surface area contributed by atoms with Gasteiger partial charge in [0.15, 0.2) is 0 Å². The van der Waals surface area contributed by atoms with Crippen LogP contribution >= 0.6 is 0 Å². The van der Waals surface area contributed by atoms with Gasteiger partial charge in [0.25, 0.3) is 5.91 Å². The number of nitrogens with zero attached hydrogens (tertiary/aromatic N) is 1. The molecule has 23 heavy (non-hydrogen) atoms. The van der Waals surface area contributed by atoms with Crippen LogP contribution in [0.5, 0.6) is 0 Å². The van der Waals surface area contributed by atoms with Crippen LogP contribution in [-0.4, -0.2) is 29.8 Å². The molecule has 2 aromatic carbocycles. The fourth-order valence-electron chi connectivity index (χ4n) is 2.82. The Morgan fingerprint density at radius 3 is 2.09 bits per heavy atom. The van der Waals surface area contributed by atoms with Crippen LogP contribution in [0, 0.1) is 5.92 Å². The summed E-state index contributed by atoms with van der Waals surface area (Å²) in [6.07, 6.45) is 0. The number of rotatable bonds is 5. The Bertz CT molecular complexity index is 696. The molecule has 0 fully saturated rings. The van der Waals surface area contributed by atoms with Crippen molar-refractivity contribution in [2.24, 2.45) is 11.7 Å². The van der Waals surface area contributed by atoms with Crippen LogP contribution in [0.25, 0.3) is 11.1 Å². The summed E-state index contributed by atoms with van der Waals surface area (Å²) in [6.45, 7) is 3.75. The molecule has 2 rings (SSSR count). The van der Waals surface area contributed by atoms with E-state index < -0.39 is 11.9 Å². The summed E-state index contributed by atoms with van der Waals surface area (Å²) in [7, 11) is 1.62. The lowest BCUT2D eigenvalue weighted by molar-refractivity contribution is -0.123. The molecule has 0 radical (unpaired) electrons. The summed E-state index contributed by atoms with van der Waals surface area (Å²) in [4.78, 5) is 26.0. The molecule has 0 spiro atoms. The second-order valence-electron chi connectivity index (χ2n) is 5.92. The quantitative estimate of drug-likeness (QED) is 0.923. The van der Waals surface area contributed by atoms with Gasteiger partial charge >= 0.3 is 0 Å². The average Bonchev–Trinajstić information content (AvgIpc) is 2.54. The smallest absolute Gasteiger partial charge is 0.254 e. The molecule has 0 heterocycles. The number of benzene rings is 2. The van der Waals surface area contributed by atoms with Crippen LogP contribution in [0.15, 0.2) is 54.6 Å². The molecule has 4 nitrogen and oxygen atoms in total. The summed E-state index contributed by atoms with van der Waals surface area (Å²) in [5.41, 5.74) is 7.84. The number of hydrogen-bond acceptors (Lipinski definition) is 2. The molecule has 2 N–H and O–H groups in total. The van der Waals surface area contributed by atoms with E-state index in [4.69, 9.17) is 5.73 Å². The minimum Gasteiger partial charge on any atom is -0.368 e. The summed E-state index contributed by atoms with van der Waals surface area (Å²) in [5, 5.41) is 0. The zero-order valence-electron chi connectivity index (χ0n) is 13.7. The van der Waals surface area contributed by atoms with Gasteiger partial charge in [0.05, 0.1) is 0 Å². The summed E-state index contributed by atoms with van der Waals surface area (Å²) >= 11 is 0. The van der Waals surface area contributed by atoms with Crippen molar-refractivity contribution in [1.82, 2.24) is 4.90 Å². The molecule has 120 valence electrons. The molecule has 0 saturated heterocycles. The van der Waals surface area contributed by atoms with E-state index in [1.807, 2.05) is 62.4 Å². The second kappa shape index (κ2) is 7.09. The van der Waals surface area contributed by atoms with Crippen LogP contribution in [0.3, 0.4) is 0 Å². The van der Waals surface area contributed by atoms with E-state index in [1.165, 1.54) is 4.90 Å². The van der Waals surface area contributed by atoms with E-state index in [9.17, 15) is 9.59 Å². The van der Waals surface area contributed by atoms with Crippen molar-refractivity contribution in [3.63, 3.8) is 0 Å². The van der Waals surface area contributed by atoms with Crippen LogP contribution in [-0.2, 0) is 4.79 Å². The first kappa shape index (κ1) is 16.7. The lowest BCUT2D eigenvalue weighted by atomic mass is 9.97. The Balaban J connectivity index is 2.43. The van der Waals surface area contributed by atoms with Gasteiger partial charge in [0.2, 0.25) is 5.91 Å². The summed E-state index contributed by atoms with van der Waals surface area (Å²) in [5.74, 6) is -0.750. The van der Waals surface area contributed by atoms with Crippen molar-refractivity contribution in [2.45, 2.75) is 19.9 Å². The Hall–Kier alpha value is -2.62. The van der Waals surface area contributed by atoms with Crippen molar-refractivity contribution in [2.75, 3.05) is 7.05 Å². The Kier molecular flexibility index (Phi) is 5.16. The van der Waals surface area contributed by atoms with E-state index in [2.05, 4.69) is 0 Å². The minimum atomic E-state index is -0.633. The van der Waals surface area contributed by atoms with Gasteiger partial charge < -0.3 is 10.6 Å². The van der Waals surface area contributed by atoms with Gasteiger partial charge in [0.1, 0.15) is 6.04 Å². The van der Waals surface area contributed by atoms with Crippen LogP contribution in [0.1, 0.15) is 24.2 Å². The molecule has 0 aliphatic carbocycles. The van der Waals surface area contributed by atoms with E-state index >= 15 is 0 Å². The number of likely N-dealkylation sites (N-methyl/N-ethyl adjacent to an activating group) is 1. The van der Waals surface area contributed by atoms with Crippen LogP contribution in [0.4, 0.5) is 0 Å². The normalized spacial score (nSPS) is 12.0. The number of primary amides is 1. The fourth-order valence-corrected chi connectivity index (χ4v) is 2.82. The molecule has 0 aliphatic rings. The third kappa shape index (κ3) is 3.59. The van der Waals surface area contributed by atoms with E-state index in [-0.39, 0.29) is 11.8 Å². The molecule has 0 unspecified atom stereocenters. The van der Waals surface area contributed by atoms with E-state index in [0.717, 1.165) is 11.1 Å². The first-order valence-electron chi connectivity index (χ1n) is 7.64. The Morgan fingerprint density at radius 2 is 1.52 bits per heavy atom. The van der Waals surface area contributed by atoms with Crippen molar-refractivity contribution in [3.05, 3.63) is 60.2 Å². The highest BCUT2D eigenvalue weighted by molar-refractivity contribution is 6.02. The number of nitrogens with two attached hydrogens (primary N) is 1. The standard InChI is InChI=1S/C19H22N2O2/c1-13(2)17(18(20)22)21(3)19(23)16-12-8-7-11-15(16)14-9-5-4-6-10-14/h4-13,17H,1-3H3,(H2,20,22)/t17-/m1/s1. The molecule has 0 saturated carbocycles. The van der Waals surface area contributed by atoms with Gasteiger partial charge in [-0.1, -0.05) is 62.4 Å². The van der Waals surface area contributed by atoms with Gasteiger partial charge in [-0.3, -0.25) is 9.59 Å². The van der Waals surface area contributed by atoms with Gasteiger partial charge in [-0.25, -0.2) is 0 Å². The van der Waals surface area contributed by atoms with Crippen molar-refractivity contribution in [3.8, 4) is 11.1 Å². The van der Waals surface area contributed by atoms with Crippen LogP contribution < -0.4 is 5.73 Å². The molecule has 2 aromatic rings. The maximum atomic E-state index is 12.9. The maximum Gasteiger partial charge on any atom is 0.254 e. The highest BCUT2D eigenvalue weighted by atomic mass is 16.2. The van der Waals surface area contributed by atoms with Gasteiger partial charge in [-0.05, 0) is 23.1 Å². The first-order valence-corrected chi connectivity index (χ1v) is 7.64. The highest BCUT2D eigenvalue weighted by Gasteiger charge is 2.29. The van der Waals surface area contributed by atoms with E-state index in [1.54, 1.807) is 13.1 Å². The monoisotopic (exact) mass is 310 g/mol. The molecule has 0 aliphatic heterocycles.